The molecule has 1 amide bonds. The number of nitrogen functional groups attached to an aromatic ring is 1. The van der Waals surface area contributed by atoms with Gasteiger partial charge in [-0.25, -0.2) is 9.37 Å². The van der Waals surface area contributed by atoms with E-state index in [0.29, 0.717) is 30.1 Å². The van der Waals surface area contributed by atoms with Crippen LogP contribution in [0.25, 0.3) is 0 Å². The van der Waals surface area contributed by atoms with Crippen LogP contribution in [0.1, 0.15) is 17.4 Å². The molecule has 5 N–H and O–H groups in total. The number of hydrogen-bond donors (Lipinski definition) is 4. The summed E-state index contributed by atoms with van der Waals surface area (Å²) in [6.45, 7) is 0.502. The highest BCUT2D eigenvalue weighted by Crippen LogP contribution is 2.31. The Kier molecular flexibility index (Phi) is 6.16. The summed E-state index contributed by atoms with van der Waals surface area (Å²) < 4.78 is 19.3. The molecular formula is C23H26FN7O2. The van der Waals surface area contributed by atoms with Crippen molar-refractivity contribution in [3.05, 3.63) is 77.1 Å². The summed E-state index contributed by atoms with van der Waals surface area (Å²) in [6, 6.07) is 3.41. The Hall–Kier alpha value is -4.08. The quantitative estimate of drug-likeness (QED) is 0.303. The van der Waals surface area contributed by atoms with Crippen LogP contribution in [0.3, 0.4) is 0 Å². The van der Waals surface area contributed by atoms with E-state index in [9.17, 15) is 9.18 Å². The van der Waals surface area contributed by atoms with Crippen LogP contribution < -0.4 is 15.8 Å². The number of H-pyrrole nitrogens is 1. The molecule has 0 saturated carbocycles. The van der Waals surface area contributed by atoms with Crippen LogP contribution in [0.5, 0.6) is 5.75 Å². The number of amides is 1. The molecule has 0 radical (unpaired) electrons. The van der Waals surface area contributed by atoms with Crippen LogP contribution >= 0.6 is 0 Å². The molecule has 0 fully saturated rings. The molecule has 1 atom stereocenters. The van der Waals surface area contributed by atoms with Gasteiger partial charge in [-0.05, 0) is 24.3 Å². The minimum atomic E-state index is -0.507. The fourth-order valence-electron chi connectivity index (χ4n) is 3.86. The summed E-state index contributed by atoms with van der Waals surface area (Å²) in [5.41, 5.74) is 9.39. The zero-order chi connectivity index (χ0) is 23.5. The third-order valence-corrected chi connectivity index (χ3v) is 5.65. The van der Waals surface area contributed by atoms with Crippen LogP contribution in [-0.2, 0) is 11.2 Å². The summed E-state index contributed by atoms with van der Waals surface area (Å²) in [4.78, 5) is 24.7. The van der Waals surface area contributed by atoms with Crippen LogP contribution in [0.2, 0.25) is 0 Å². The van der Waals surface area contributed by atoms with E-state index in [-0.39, 0.29) is 23.8 Å². The van der Waals surface area contributed by atoms with Gasteiger partial charge in [0.15, 0.2) is 0 Å². The highest BCUT2D eigenvalue weighted by molar-refractivity contribution is 6.12. The normalized spacial score (nSPS) is 18.7. The minimum absolute atomic E-state index is 0.0774. The molecule has 33 heavy (non-hydrogen) atoms. The molecule has 1 unspecified atom stereocenters. The van der Waals surface area contributed by atoms with Crippen LogP contribution in [-0.4, -0.2) is 59.1 Å². The largest absolute Gasteiger partial charge is 0.489 e. The number of aromatic nitrogens is 2. The van der Waals surface area contributed by atoms with Crippen molar-refractivity contribution in [1.29, 1.82) is 5.41 Å². The van der Waals surface area contributed by atoms with Gasteiger partial charge in [0.1, 0.15) is 24.2 Å². The Balaban J connectivity index is 1.61. The Morgan fingerprint density at radius 1 is 1.42 bits per heavy atom. The maximum absolute atomic E-state index is 13.6. The van der Waals surface area contributed by atoms with Crippen LogP contribution in [0.15, 0.2) is 59.8 Å². The second-order valence-electron chi connectivity index (χ2n) is 7.94. The molecule has 9 nitrogen and oxygen atoms in total. The Bertz CT molecular complexity index is 1170. The number of likely N-dealkylation sites (N-methyl/N-ethyl adjacent to an activating group) is 1. The first-order valence-corrected chi connectivity index (χ1v) is 10.5. The van der Waals surface area contributed by atoms with E-state index in [1.165, 1.54) is 18.2 Å². The van der Waals surface area contributed by atoms with Gasteiger partial charge in [-0.3, -0.25) is 4.79 Å². The Morgan fingerprint density at radius 3 is 2.91 bits per heavy atom. The third-order valence-electron chi connectivity index (χ3n) is 5.65. The predicted octanol–water partition coefficient (Wildman–Crippen LogP) is 2.10. The first-order valence-electron chi connectivity index (χ1n) is 10.5. The van der Waals surface area contributed by atoms with E-state index < -0.39 is 11.9 Å². The molecule has 0 aliphatic carbocycles. The van der Waals surface area contributed by atoms with Crippen molar-refractivity contribution in [2.24, 2.45) is 0 Å². The summed E-state index contributed by atoms with van der Waals surface area (Å²) in [5.74, 6) is -0.436. The second kappa shape index (κ2) is 9.19. The molecule has 0 spiro atoms. The zero-order valence-electron chi connectivity index (χ0n) is 18.4. The number of allylic oxidation sites excluding steroid dienone is 2. The lowest BCUT2D eigenvalue weighted by atomic mass is 10.0. The number of rotatable bonds is 6. The van der Waals surface area contributed by atoms with Gasteiger partial charge in [0.2, 0.25) is 0 Å². The molecule has 3 heterocycles. The van der Waals surface area contributed by atoms with E-state index in [0.717, 1.165) is 17.6 Å². The van der Waals surface area contributed by atoms with Crippen molar-refractivity contribution in [2.45, 2.75) is 12.5 Å². The van der Waals surface area contributed by atoms with Gasteiger partial charge < -0.3 is 36.0 Å². The van der Waals surface area contributed by atoms with E-state index in [1.54, 1.807) is 23.5 Å². The van der Waals surface area contributed by atoms with Crippen molar-refractivity contribution in [2.75, 3.05) is 33.0 Å². The predicted molar refractivity (Wildman–Crippen MR) is 123 cm³/mol. The van der Waals surface area contributed by atoms with Gasteiger partial charge in [0, 0.05) is 51.2 Å². The monoisotopic (exact) mass is 451 g/mol. The Labute approximate surface area is 190 Å². The number of aromatic amines is 1. The molecule has 1 aromatic heterocycles. The molecule has 0 saturated heterocycles. The highest BCUT2D eigenvalue weighted by Gasteiger charge is 2.35. The van der Waals surface area contributed by atoms with Crippen molar-refractivity contribution < 1.29 is 13.9 Å². The molecule has 0 bridgehead atoms. The summed E-state index contributed by atoms with van der Waals surface area (Å²) in [6.07, 6.45) is 8.69. The van der Waals surface area contributed by atoms with Crippen molar-refractivity contribution >= 4 is 17.8 Å². The van der Waals surface area contributed by atoms with Gasteiger partial charge in [-0.2, -0.15) is 0 Å². The van der Waals surface area contributed by atoms with E-state index in [1.807, 2.05) is 25.1 Å². The first-order chi connectivity index (χ1) is 15.9. The molecular weight excluding hydrogens is 425 g/mol. The number of anilines is 1. The fourth-order valence-corrected chi connectivity index (χ4v) is 3.86. The summed E-state index contributed by atoms with van der Waals surface area (Å²) >= 11 is 0. The SMILES string of the molecule is CN(C)C1=CN/C(=C(\C=N)C(=O)N2CCc3[nH]cnc3C2COc2ccc(F)cc2N)C=C1. The van der Waals surface area contributed by atoms with E-state index in [4.69, 9.17) is 15.9 Å². The topological polar surface area (TPSA) is 123 Å². The number of nitrogens with two attached hydrogens (primary N) is 1. The standard InChI is InChI=1S/C23H26FN7O2/c1-30(2)15-4-5-18(27-11-15)16(10-25)23(32)31-8-7-19-22(29-13-28-19)20(31)12-33-21-6-3-14(24)9-17(21)26/h3-6,9-11,13,20,25,27H,7-8,12,26H2,1-2H3,(H,28,29)/b18-16+,25-10?. The lowest BCUT2D eigenvalue weighted by Crippen LogP contribution is -2.44. The van der Waals surface area contributed by atoms with Gasteiger partial charge in [-0.1, -0.05) is 0 Å². The molecule has 1 aromatic carbocycles. The van der Waals surface area contributed by atoms with Gasteiger partial charge in [0.05, 0.1) is 34.7 Å². The number of ether oxygens (including phenoxy) is 1. The number of nitrogens with one attached hydrogen (secondary N) is 3. The number of halogens is 1. The van der Waals surface area contributed by atoms with E-state index in [2.05, 4.69) is 15.3 Å². The van der Waals surface area contributed by atoms with Gasteiger partial charge in [0.25, 0.3) is 5.91 Å². The number of nitrogens with zero attached hydrogens (tertiary/aromatic N) is 3. The molecule has 10 heteroatoms. The maximum Gasteiger partial charge on any atom is 0.258 e. The number of fused-ring (bicyclic) bond motifs is 1. The van der Waals surface area contributed by atoms with Crippen molar-refractivity contribution in [3.8, 4) is 5.75 Å². The maximum atomic E-state index is 13.6. The number of benzene rings is 1. The smallest absolute Gasteiger partial charge is 0.258 e. The second-order valence-corrected chi connectivity index (χ2v) is 7.94. The first kappa shape index (κ1) is 22.1. The Morgan fingerprint density at radius 2 is 2.24 bits per heavy atom. The van der Waals surface area contributed by atoms with Crippen molar-refractivity contribution in [1.82, 2.24) is 25.1 Å². The number of carbonyl (C=O) groups is 1. The lowest BCUT2D eigenvalue weighted by molar-refractivity contribution is -0.130. The summed E-state index contributed by atoms with van der Waals surface area (Å²) in [7, 11) is 3.84. The van der Waals surface area contributed by atoms with Crippen LogP contribution in [0, 0.1) is 11.2 Å². The van der Waals surface area contributed by atoms with Crippen molar-refractivity contribution in [3.63, 3.8) is 0 Å². The molecule has 4 rings (SSSR count). The van der Waals surface area contributed by atoms with Crippen LogP contribution in [0.4, 0.5) is 10.1 Å². The molecule has 2 aliphatic heterocycles. The zero-order valence-corrected chi connectivity index (χ0v) is 18.4. The molecule has 2 aromatic rings. The average Bonchev–Trinajstić information content (AvgIpc) is 3.28. The number of carbonyl (C=O) groups excluding carboxylic acids is 1. The fraction of sp³-hybridized carbons (Fsp3) is 0.261. The third kappa shape index (κ3) is 4.45. The number of imidazole rings is 1. The number of hydrogen-bond acceptors (Lipinski definition) is 7. The van der Waals surface area contributed by atoms with E-state index >= 15 is 0 Å². The van der Waals surface area contributed by atoms with Gasteiger partial charge >= 0.3 is 0 Å². The molecule has 172 valence electrons. The summed E-state index contributed by atoms with van der Waals surface area (Å²) in [5, 5.41) is 11.0. The number of dihydropyridines is 1. The average molecular weight is 452 g/mol. The lowest BCUT2D eigenvalue weighted by Gasteiger charge is -2.35. The highest BCUT2D eigenvalue weighted by atomic mass is 19.1. The molecule has 2 aliphatic rings. The minimum Gasteiger partial charge on any atom is -0.489 e. The van der Waals surface area contributed by atoms with Gasteiger partial charge in [-0.15, -0.1) is 0 Å².